The van der Waals surface area contributed by atoms with Crippen LogP contribution in [0.1, 0.15) is 51.4 Å². The Hall–Kier alpha value is -0.0600. The zero-order chi connectivity index (χ0) is 14.1. The molecule has 2 saturated heterocycles. The molecule has 2 heterocycles. The predicted molar refractivity (Wildman–Crippen MR) is 81.2 cm³/mol. The average molecular weight is 298 g/mol. The number of rotatable bonds is 3. The Morgan fingerprint density at radius 2 is 2.05 bits per heavy atom. The van der Waals surface area contributed by atoms with Gasteiger partial charge in [0, 0.05) is 25.4 Å². The third-order valence-corrected chi connectivity index (χ3v) is 6.65. The highest BCUT2D eigenvalue weighted by atomic mass is 32.2. The standard InChI is InChI=1S/C16H26O3S/c1-18-16(6-3-2-4-7-16)14(17)13-5-9-19-15(11-13)8-10-20-12-15/h13H,2-12H2,1H3. The molecule has 1 saturated carbocycles. The molecule has 4 heteroatoms. The van der Waals surface area contributed by atoms with Gasteiger partial charge in [-0.25, -0.2) is 0 Å². The lowest BCUT2D eigenvalue weighted by atomic mass is 9.73. The first-order valence-corrected chi connectivity index (χ1v) is 9.16. The SMILES string of the molecule is COC1(C(=O)C2CCOC3(CCSC3)C2)CCCCC1. The van der Waals surface area contributed by atoms with Crippen molar-refractivity contribution in [3.63, 3.8) is 0 Å². The van der Waals surface area contributed by atoms with Gasteiger partial charge in [0.25, 0.3) is 0 Å². The highest BCUT2D eigenvalue weighted by Gasteiger charge is 2.48. The number of ether oxygens (including phenoxy) is 2. The van der Waals surface area contributed by atoms with E-state index in [9.17, 15) is 4.79 Å². The lowest BCUT2D eigenvalue weighted by Gasteiger charge is -2.42. The maximum atomic E-state index is 13.1. The summed E-state index contributed by atoms with van der Waals surface area (Å²) in [7, 11) is 1.73. The number of Topliss-reactive ketones (excluding diaryl/α,β-unsaturated/α-hetero) is 1. The number of thioether (sulfide) groups is 1. The first-order valence-electron chi connectivity index (χ1n) is 8.01. The molecule has 0 radical (unpaired) electrons. The molecule has 114 valence electrons. The van der Waals surface area contributed by atoms with E-state index in [4.69, 9.17) is 9.47 Å². The van der Waals surface area contributed by atoms with Crippen LogP contribution in [0.5, 0.6) is 0 Å². The van der Waals surface area contributed by atoms with Gasteiger partial charge in [-0.05, 0) is 37.9 Å². The third-order valence-electron chi connectivity index (χ3n) is 5.43. The molecular formula is C16H26O3S. The van der Waals surface area contributed by atoms with Gasteiger partial charge in [0.1, 0.15) is 5.60 Å². The van der Waals surface area contributed by atoms with Crippen molar-refractivity contribution in [3.8, 4) is 0 Å². The summed E-state index contributed by atoms with van der Waals surface area (Å²) in [5.41, 5.74) is -0.486. The molecule has 2 unspecified atom stereocenters. The summed E-state index contributed by atoms with van der Waals surface area (Å²) in [4.78, 5) is 13.1. The summed E-state index contributed by atoms with van der Waals surface area (Å²) >= 11 is 1.97. The van der Waals surface area contributed by atoms with E-state index in [1.165, 1.54) is 12.2 Å². The van der Waals surface area contributed by atoms with E-state index in [-0.39, 0.29) is 11.5 Å². The third kappa shape index (κ3) is 2.67. The molecular weight excluding hydrogens is 272 g/mol. The van der Waals surface area contributed by atoms with Gasteiger partial charge in [0.2, 0.25) is 0 Å². The molecule has 3 rings (SSSR count). The Kier molecular flexibility index (Phi) is 4.44. The molecule has 3 nitrogen and oxygen atoms in total. The monoisotopic (exact) mass is 298 g/mol. The van der Waals surface area contributed by atoms with Gasteiger partial charge in [0.15, 0.2) is 5.78 Å². The Bertz CT molecular complexity index is 357. The molecule has 0 bridgehead atoms. The van der Waals surface area contributed by atoms with Gasteiger partial charge >= 0.3 is 0 Å². The minimum Gasteiger partial charge on any atom is -0.374 e. The van der Waals surface area contributed by atoms with Gasteiger partial charge in [-0.3, -0.25) is 4.79 Å². The smallest absolute Gasteiger partial charge is 0.167 e. The number of ketones is 1. The molecule has 0 amide bonds. The van der Waals surface area contributed by atoms with Crippen molar-refractivity contribution >= 4 is 17.5 Å². The number of carbonyl (C=O) groups is 1. The van der Waals surface area contributed by atoms with Gasteiger partial charge < -0.3 is 9.47 Å². The minimum atomic E-state index is -0.479. The number of hydrogen-bond acceptors (Lipinski definition) is 4. The Labute approximate surface area is 126 Å². The maximum absolute atomic E-state index is 13.1. The Morgan fingerprint density at radius 1 is 1.25 bits per heavy atom. The van der Waals surface area contributed by atoms with Crippen LogP contribution in [-0.2, 0) is 14.3 Å². The fraction of sp³-hybridized carbons (Fsp3) is 0.938. The first-order chi connectivity index (χ1) is 9.70. The quantitative estimate of drug-likeness (QED) is 0.801. The van der Waals surface area contributed by atoms with Crippen LogP contribution in [-0.4, -0.2) is 42.2 Å². The van der Waals surface area contributed by atoms with E-state index in [1.807, 2.05) is 11.8 Å². The second kappa shape index (κ2) is 5.98. The molecule has 0 aromatic carbocycles. The van der Waals surface area contributed by atoms with E-state index in [2.05, 4.69) is 0 Å². The van der Waals surface area contributed by atoms with Gasteiger partial charge in [-0.1, -0.05) is 19.3 Å². The molecule has 0 aromatic heterocycles. The number of carbonyl (C=O) groups excluding carboxylic acids is 1. The molecule has 3 aliphatic rings. The predicted octanol–water partition coefficient (Wildman–Crippen LogP) is 3.21. The lowest BCUT2D eigenvalue weighted by molar-refractivity contribution is -0.158. The van der Waals surface area contributed by atoms with Crippen molar-refractivity contribution in [1.29, 1.82) is 0 Å². The molecule has 1 aliphatic carbocycles. The van der Waals surface area contributed by atoms with Crippen molar-refractivity contribution in [2.45, 2.75) is 62.6 Å². The fourth-order valence-electron chi connectivity index (χ4n) is 4.16. The second-order valence-electron chi connectivity index (χ2n) is 6.65. The lowest BCUT2D eigenvalue weighted by Crippen LogP contribution is -2.50. The van der Waals surface area contributed by atoms with Crippen LogP contribution in [0.15, 0.2) is 0 Å². The van der Waals surface area contributed by atoms with Crippen LogP contribution in [0, 0.1) is 5.92 Å². The first kappa shape index (κ1) is 14.9. The normalized spacial score (nSPS) is 37.1. The summed E-state index contributed by atoms with van der Waals surface area (Å²) < 4.78 is 11.8. The number of methoxy groups -OCH3 is 1. The van der Waals surface area contributed by atoms with Crippen molar-refractivity contribution in [1.82, 2.24) is 0 Å². The molecule has 2 atom stereocenters. The average Bonchev–Trinajstić information content (AvgIpc) is 2.95. The highest BCUT2D eigenvalue weighted by molar-refractivity contribution is 7.99. The summed E-state index contributed by atoms with van der Waals surface area (Å²) in [6, 6.07) is 0. The van der Waals surface area contributed by atoms with Crippen LogP contribution in [0.2, 0.25) is 0 Å². The zero-order valence-electron chi connectivity index (χ0n) is 12.5. The van der Waals surface area contributed by atoms with Crippen molar-refractivity contribution in [2.75, 3.05) is 25.2 Å². The molecule has 20 heavy (non-hydrogen) atoms. The molecule has 0 N–H and O–H groups in total. The van der Waals surface area contributed by atoms with E-state index < -0.39 is 5.60 Å². The Balaban J connectivity index is 1.72. The van der Waals surface area contributed by atoms with E-state index in [0.29, 0.717) is 5.78 Å². The summed E-state index contributed by atoms with van der Waals surface area (Å²) in [6.07, 6.45) is 8.25. The van der Waals surface area contributed by atoms with E-state index >= 15 is 0 Å². The second-order valence-corrected chi connectivity index (χ2v) is 7.75. The maximum Gasteiger partial charge on any atom is 0.167 e. The van der Waals surface area contributed by atoms with E-state index in [0.717, 1.165) is 57.3 Å². The van der Waals surface area contributed by atoms with Crippen LogP contribution >= 0.6 is 11.8 Å². The van der Waals surface area contributed by atoms with Crippen LogP contribution in [0.25, 0.3) is 0 Å². The van der Waals surface area contributed by atoms with E-state index in [1.54, 1.807) is 7.11 Å². The van der Waals surface area contributed by atoms with Gasteiger partial charge in [-0.2, -0.15) is 11.8 Å². The summed E-state index contributed by atoms with van der Waals surface area (Å²) in [6.45, 7) is 0.747. The summed E-state index contributed by atoms with van der Waals surface area (Å²) in [5.74, 6) is 2.77. The van der Waals surface area contributed by atoms with Gasteiger partial charge in [0.05, 0.1) is 5.60 Å². The summed E-state index contributed by atoms with van der Waals surface area (Å²) in [5, 5.41) is 0. The minimum absolute atomic E-state index is 0.00710. The highest BCUT2D eigenvalue weighted by Crippen LogP contribution is 2.43. The van der Waals surface area contributed by atoms with Crippen LogP contribution < -0.4 is 0 Å². The Morgan fingerprint density at radius 3 is 2.70 bits per heavy atom. The van der Waals surface area contributed by atoms with Crippen molar-refractivity contribution < 1.29 is 14.3 Å². The molecule has 1 spiro atoms. The molecule has 3 fully saturated rings. The number of hydrogen-bond donors (Lipinski definition) is 0. The van der Waals surface area contributed by atoms with Gasteiger partial charge in [-0.15, -0.1) is 0 Å². The van der Waals surface area contributed by atoms with Crippen LogP contribution in [0.3, 0.4) is 0 Å². The molecule has 2 aliphatic heterocycles. The largest absolute Gasteiger partial charge is 0.374 e. The van der Waals surface area contributed by atoms with Crippen LogP contribution in [0.4, 0.5) is 0 Å². The van der Waals surface area contributed by atoms with Crippen molar-refractivity contribution in [2.24, 2.45) is 5.92 Å². The topological polar surface area (TPSA) is 35.5 Å². The van der Waals surface area contributed by atoms with Crippen molar-refractivity contribution in [3.05, 3.63) is 0 Å². The fourth-order valence-corrected chi connectivity index (χ4v) is 5.54. The zero-order valence-corrected chi connectivity index (χ0v) is 13.3. The molecule has 0 aromatic rings.